The van der Waals surface area contributed by atoms with Gasteiger partial charge >= 0.3 is 0 Å². The van der Waals surface area contributed by atoms with Gasteiger partial charge in [-0.05, 0) is 48.7 Å². The van der Waals surface area contributed by atoms with E-state index in [4.69, 9.17) is 5.73 Å². The summed E-state index contributed by atoms with van der Waals surface area (Å²) in [6, 6.07) is 2.11. The number of carbonyl (C=O) groups excluding carboxylic acids is 1. The van der Waals surface area contributed by atoms with Gasteiger partial charge in [-0.25, -0.2) is 0 Å². The van der Waals surface area contributed by atoms with Crippen LogP contribution in [0.25, 0.3) is 0 Å². The summed E-state index contributed by atoms with van der Waals surface area (Å²) in [4.78, 5) is 15.6. The molecule has 0 aromatic carbocycles. The summed E-state index contributed by atoms with van der Waals surface area (Å²) in [5.41, 5.74) is 7.32. The van der Waals surface area contributed by atoms with Crippen LogP contribution in [0.1, 0.15) is 49.0 Å². The van der Waals surface area contributed by atoms with Gasteiger partial charge in [0.25, 0.3) is 0 Å². The Morgan fingerprint density at radius 1 is 1.38 bits per heavy atom. The highest BCUT2D eigenvalue weighted by atomic mass is 35.5. The minimum Gasteiger partial charge on any atom is -0.341 e. The molecule has 120 valence electrons. The van der Waals surface area contributed by atoms with Crippen molar-refractivity contribution in [2.75, 3.05) is 13.6 Å². The zero-order valence-electron chi connectivity index (χ0n) is 13.1. The summed E-state index contributed by atoms with van der Waals surface area (Å²) in [7, 11) is 1.91. The van der Waals surface area contributed by atoms with Crippen LogP contribution >= 0.6 is 23.7 Å². The van der Waals surface area contributed by atoms with Gasteiger partial charge < -0.3 is 10.6 Å². The van der Waals surface area contributed by atoms with Crippen molar-refractivity contribution < 1.29 is 4.79 Å². The quantitative estimate of drug-likeness (QED) is 0.894. The van der Waals surface area contributed by atoms with Crippen LogP contribution in [0.2, 0.25) is 0 Å². The second-order valence-electron chi connectivity index (χ2n) is 6.22. The average molecular weight is 331 g/mol. The first-order valence-corrected chi connectivity index (χ1v) is 8.41. The average Bonchev–Trinajstić information content (AvgIpc) is 2.85. The second kappa shape index (κ2) is 8.16. The van der Waals surface area contributed by atoms with E-state index in [9.17, 15) is 4.79 Å². The van der Waals surface area contributed by atoms with Crippen molar-refractivity contribution in [2.45, 2.75) is 52.0 Å². The van der Waals surface area contributed by atoms with Crippen molar-refractivity contribution in [1.82, 2.24) is 4.90 Å². The van der Waals surface area contributed by atoms with Crippen LogP contribution < -0.4 is 5.73 Å². The minimum absolute atomic E-state index is 0. The largest absolute Gasteiger partial charge is 0.341 e. The summed E-state index contributed by atoms with van der Waals surface area (Å²) in [6.07, 6.45) is 6.57. The summed E-state index contributed by atoms with van der Waals surface area (Å²) in [5, 5.41) is 2.09. The third-order valence-electron chi connectivity index (χ3n) is 4.65. The van der Waals surface area contributed by atoms with E-state index in [-0.39, 0.29) is 23.7 Å². The van der Waals surface area contributed by atoms with E-state index in [1.807, 2.05) is 11.9 Å². The highest BCUT2D eigenvalue weighted by Crippen LogP contribution is 2.38. The van der Waals surface area contributed by atoms with E-state index in [1.165, 1.54) is 29.7 Å². The lowest BCUT2D eigenvalue weighted by molar-refractivity contribution is -0.133. The SMILES string of the molecule is Cc1ccsc1CN(C)C(=O)CC1(CN)CCCCC1.Cl. The smallest absolute Gasteiger partial charge is 0.223 e. The first-order chi connectivity index (χ1) is 9.56. The molecule has 1 aliphatic carbocycles. The van der Waals surface area contributed by atoms with Crippen LogP contribution in [0.15, 0.2) is 11.4 Å². The molecule has 0 atom stereocenters. The molecule has 1 aromatic rings. The van der Waals surface area contributed by atoms with Gasteiger partial charge in [-0.1, -0.05) is 19.3 Å². The van der Waals surface area contributed by atoms with Gasteiger partial charge in [0.05, 0.1) is 6.54 Å². The van der Waals surface area contributed by atoms with Crippen LogP contribution in [0.3, 0.4) is 0 Å². The predicted molar refractivity (Wildman–Crippen MR) is 92.0 cm³/mol. The molecule has 1 aromatic heterocycles. The number of rotatable bonds is 5. The lowest BCUT2D eigenvalue weighted by Gasteiger charge is -2.36. The molecule has 0 unspecified atom stereocenters. The maximum atomic E-state index is 12.5. The zero-order valence-corrected chi connectivity index (χ0v) is 14.7. The topological polar surface area (TPSA) is 46.3 Å². The molecule has 2 rings (SSSR count). The lowest BCUT2D eigenvalue weighted by atomic mass is 9.71. The Bertz CT molecular complexity index is 455. The van der Waals surface area contributed by atoms with Crippen molar-refractivity contribution >= 4 is 29.7 Å². The Balaban J connectivity index is 0.00000220. The fourth-order valence-electron chi connectivity index (χ4n) is 3.08. The number of halogens is 1. The molecule has 1 aliphatic rings. The molecule has 0 radical (unpaired) electrons. The number of amides is 1. The second-order valence-corrected chi connectivity index (χ2v) is 7.22. The summed E-state index contributed by atoms with van der Waals surface area (Å²) in [5.74, 6) is 0.241. The van der Waals surface area contributed by atoms with Gasteiger partial charge in [-0.3, -0.25) is 4.79 Å². The van der Waals surface area contributed by atoms with Crippen molar-refractivity contribution in [3.05, 3.63) is 21.9 Å². The van der Waals surface area contributed by atoms with Gasteiger partial charge in [0.1, 0.15) is 0 Å². The van der Waals surface area contributed by atoms with E-state index >= 15 is 0 Å². The van der Waals surface area contributed by atoms with E-state index in [0.717, 1.165) is 19.4 Å². The third kappa shape index (κ3) is 4.70. The molecule has 0 bridgehead atoms. The van der Waals surface area contributed by atoms with E-state index < -0.39 is 0 Å². The molecule has 5 heteroatoms. The van der Waals surface area contributed by atoms with Gasteiger partial charge in [0.15, 0.2) is 0 Å². The third-order valence-corrected chi connectivity index (χ3v) is 5.66. The van der Waals surface area contributed by atoms with Crippen LogP contribution in [0, 0.1) is 12.3 Å². The number of nitrogens with zero attached hydrogens (tertiary/aromatic N) is 1. The highest BCUT2D eigenvalue weighted by Gasteiger charge is 2.33. The number of hydrogen-bond donors (Lipinski definition) is 1. The molecule has 0 spiro atoms. The Hall–Kier alpha value is -0.580. The standard InChI is InChI=1S/C16H26N2OS.ClH/c1-13-6-9-20-14(13)11-18(2)15(19)10-16(12-17)7-4-3-5-8-16;/h6,9H,3-5,7-8,10-12,17H2,1-2H3;1H. The number of thiophene rings is 1. The Labute approximate surface area is 138 Å². The number of nitrogens with two attached hydrogens (primary N) is 1. The summed E-state index contributed by atoms with van der Waals surface area (Å²) < 4.78 is 0. The fourth-order valence-corrected chi connectivity index (χ4v) is 4.04. The van der Waals surface area contributed by atoms with Crippen LogP contribution in [-0.4, -0.2) is 24.4 Å². The summed E-state index contributed by atoms with van der Waals surface area (Å²) in [6.45, 7) is 3.47. The van der Waals surface area contributed by atoms with E-state index in [0.29, 0.717) is 13.0 Å². The van der Waals surface area contributed by atoms with E-state index in [1.54, 1.807) is 11.3 Å². The Morgan fingerprint density at radius 2 is 2.05 bits per heavy atom. The zero-order chi connectivity index (χ0) is 14.6. The van der Waals surface area contributed by atoms with Gasteiger partial charge in [0, 0.05) is 18.3 Å². The van der Waals surface area contributed by atoms with Gasteiger partial charge in [-0.2, -0.15) is 0 Å². The maximum Gasteiger partial charge on any atom is 0.223 e. The molecule has 1 saturated carbocycles. The molecule has 21 heavy (non-hydrogen) atoms. The summed E-state index contributed by atoms with van der Waals surface area (Å²) >= 11 is 1.73. The van der Waals surface area contributed by atoms with Crippen LogP contribution in [-0.2, 0) is 11.3 Å². The molecule has 2 N–H and O–H groups in total. The van der Waals surface area contributed by atoms with Gasteiger partial charge in [0.2, 0.25) is 5.91 Å². The molecule has 0 saturated heterocycles. The lowest BCUT2D eigenvalue weighted by Crippen LogP contribution is -2.39. The number of hydrogen-bond acceptors (Lipinski definition) is 3. The number of aryl methyl sites for hydroxylation is 1. The Morgan fingerprint density at radius 3 is 2.57 bits per heavy atom. The van der Waals surface area contributed by atoms with Crippen molar-refractivity contribution in [3.63, 3.8) is 0 Å². The number of carbonyl (C=O) groups is 1. The fraction of sp³-hybridized carbons (Fsp3) is 0.688. The Kier molecular flexibility index (Phi) is 7.17. The van der Waals surface area contributed by atoms with Crippen LogP contribution in [0.4, 0.5) is 0 Å². The molecular formula is C16H27ClN2OS. The highest BCUT2D eigenvalue weighted by molar-refractivity contribution is 7.10. The first kappa shape index (κ1) is 18.5. The predicted octanol–water partition coefficient (Wildman–Crippen LogP) is 3.74. The van der Waals surface area contributed by atoms with Crippen molar-refractivity contribution in [2.24, 2.45) is 11.1 Å². The van der Waals surface area contributed by atoms with Crippen LogP contribution in [0.5, 0.6) is 0 Å². The maximum absolute atomic E-state index is 12.5. The van der Waals surface area contributed by atoms with E-state index in [2.05, 4.69) is 18.4 Å². The minimum atomic E-state index is 0. The first-order valence-electron chi connectivity index (χ1n) is 7.53. The normalized spacial score (nSPS) is 17.1. The molecule has 3 nitrogen and oxygen atoms in total. The molecule has 1 fully saturated rings. The molecule has 0 aliphatic heterocycles. The van der Waals surface area contributed by atoms with Crippen molar-refractivity contribution in [1.29, 1.82) is 0 Å². The molecule has 1 heterocycles. The van der Waals surface area contributed by atoms with Crippen molar-refractivity contribution in [3.8, 4) is 0 Å². The monoisotopic (exact) mass is 330 g/mol. The van der Waals surface area contributed by atoms with Gasteiger partial charge in [-0.15, -0.1) is 23.7 Å². The molecule has 1 amide bonds. The molecular weight excluding hydrogens is 304 g/mol.